The molecule has 0 saturated heterocycles. The van der Waals surface area contributed by atoms with Crippen LogP contribution < -0.4 is 0 Å². The SMILES string of the molecule is Cc1occc1-c1nnc(SCc2nc(-c3cccs3)oc2C)n1C. The maximum atomic E-state index is 5.79. The summed E-state index contributed by atoms with van der Waals surface area (Å²) >= 11 is 3.21. The number of thiophene rings is 1. The molecule has 0 aliphatic heterocycles. The summed E-state index contributed by atoms with van der Waals surface area (Å²) in [6.07, 6.45) is 1.66. The predicted octanol–water partition coefficient (Wildman–Crippen LogP) is 4.70. The van der Waals surface area contributed by atoms with E-state index in [9.17, 15) is 0 Å². The molecular formula is C17H16N4O2S2. The van der Waals surface area contributed by atoms with Crippen LogP contribution in [0.1, 0.15) is 17.2 Å². The number of furan rings is 1. The smallest absolute Gasteiger partial charge is 0.236 e. The van der Waals surface area contributed by atoms with E-state index in [1.54, 1.807) is 29.4 Å². The maximum Gasteiger partial charge on any atom is 0.236 e. The molecule has 0 saturated carbocycles. The van der Waals surface area contributed by atoms with Crippen molar-refractivity contribution < 1.29 is 8.83 Å². The van der Waals surface area contributed by atoms with Crippen molar-refractivity contribution >= 4 is 23.1 Å². The largest absolute Gasteiger partial charge is 0.469 e. The van der Waals surface area contributed by atoms with Crippen LogP contribution in [0.4, 0.5) is 0 Å². The van der Waals surface area contributed by atoms with E-state index >= 15 is 0 Å². The number of nitrogens with zero attached hydrogens (tertiary/aromatic N) is 4. The molecule has 6 nitrogen and oxygen atoms in total. The van der Waals surface area contributed by atoms with Crippen molar-refractivity contribution in [2.45, 2.75) is 24.8 Å². The van der Waals surface area contributed by atoms with Gasteiger partial charge in [-0.2, -0.15) is 0 Å². The van der Waals surface area contributed by atoms with E-state index in [1.807, 2.05) is 49.0 Å². The highest BCUT2D eigenvalue weighted by molar-refractivity contribution is 7.98. The highest BCUT2D eigenvalue weighted by atomic mass is 32.2. The Morgan fingerprint density at radius 2 is 2.08 bits per heavy atom. The molecule has 0 bridgehead atoms. The van der Waals surface area contributed by atoms with E-state index in [0.29, 0.717) is 11.6 Å². The fourth-order valence-corrected chi connectivity index (χ4v) is 4.05. The molecule has 0 fully saturated rings. The Morgan fingerprint density at radius 3 is 2.80 bits per heavy atom. The van der Waals surface area contributed by atoms with Gasteiger partial charge in [0.25, 0.3) is 0 Å². The van der Waals surface area contributed by atoms with Gasteiger partial charge >= 0.3 is 0 Å². The average molecular weight is 372 g/mol. The lowest BCUT2D eigenvalue weighted by atomic mass is 10.2. The number of rotatable bonds is 5. The van der Waals surface area contributed by atoms with Crippen molar-refractivity contribution in [2.24, 2.45) is 7.05 Å². The van der Waals surface area contributed by atoms with Gasteiger partial charge in [0.15, 0.2) is 11.0 Å². The second kappa shape index (κ2) is 6.53. The first-order valence-electron chi connectivity index (χ1n) is 7.70. The molecule has 0 aromatic carbocycles. The van der Waals surface area contributed by atoms with E-state index in [1.165, 1.54) is 0 Å². The molecule has 128 valence electrons. The summed E-state index contributed by atoms with van der Waals surface area (Å²) in [6.45, 7) is 3.86. The molecular weight excluding hydrogens is 356 g/mol. The van der Waals surface area contributed by atoms with Gasteiger partial charge in [0.05, 0.1) is 22.4 Å². The zero-order valence-electron chi connectivity index (χ0n) is 14.0. The average Bonchev–Trinajstić information content (AvgIpc) is 3.35. The van der Waals surface area contributed by atoms with Crippen LogP contribution in [0.3, 0.4) is 0 Å². The van der Waals surface area contributed by atoms with Crippen LogP contribution in [0, 0.1) is 13.8 Å². The fraction of sp³-hybridized carbons (Fsp3) is 0.235. The minimum atomic E-state index is 0.677. The van der Waals surface area contributed by atoms with Gasteiger partial charge in [0.2, 0.25) is 5.89 Å². The number of oxazole rings is 1. The van der Waals surface area contributed by atoms with Gasteiger partial charge in [-0.05, 0) is 31.4 Å². The molecule has 4 aromatic heterocycles. The zero-order chi connectivity index (χ0) is 17.4. The molecule has 0 aliphatic rings. The topological polar surface area (TPSA) is 69.9 Å². The minimum absolute atomic E-state index is 0.677. The molecule has 4 rings (SSSR count). The lowest BCUT2D eigenvalue weighted by molar-refractivity contribution is 0.534. The highest BCUT2D eigenvalue weighted by Crippen LogP contribution is 2.30. The van der Waals surface area contributed by atoms with Gasteiger partial charge in [-0.1, -0.05) is 17.8 Å². The zero-order valence-corrected chi connectivity index (χ0v) is 15.6. The Hall–Kier alpha value is -2.32. The van der Waals surface area contributed by atoms with Gasteiger partial charge < -0.3 is 13.4 Å². The molecule has 0 unspecified atom stereocenters. The Bertz CT molecular complexity index is 998. The number of hydrogen-bond donors (Lipinski definition) is 0. The van der Waals surface area contributed by atoms with Crippen molar-refractivity contribution in [3.05, 3.63) is 47.1 Å². The van der Waals surface area contributed by atoms with Crippen LogP contribution in [-0.2, 0) is 12.8 Å². The molecule has 0 spiro atoms. The standard InChI is InChI=1S/C17H16N4O2S2/c1-10-12(6-7-22-10)15-19-20-17(21(15)3)25-9-13-11(2)23-16(18-13)14-5-4-8-24-14/h4-8H,9H2,1-3H3. The maximum absolute atomic E-state index is 5.79. The second-order valence-electron chi connectivity index (χ2n) is 5.54. The Morgan fingerprint density at radius 1 is 1.20 bits per heavy atom. The van der Waals surface area contributed by atoms with E-state index in [4.69, 9.17) is 8.83 Å². The van der Waals surface area contributed by atoms with Crippen molar-refractivity contribution in [3.8, 4) is 22.2 Å². The van der Waals surface area contributed by atoms with Gasteiger partial charge in [-0.3, -0.25) is 0 Å². The van der Waals surface area contributed by atoms with Gasteiger partial charge in [0, 0.05) is 12.8 Å². The molecule has 0 amide bonds. The minimum Gasteiger partial charge on any atom is -0.469 e. The fourth-order valence-electron chi connectivity index (χ4n) is 2.49. The third-order valence-corrected chi connectivity index (χ3v) is 5.79. The van der Waals surface area contributed by atoms with Gasteiger partial charge in [-0.25, -0.2) is 4.98 Å². The number of thioether (sulfide) groups is 1. The van der Waals surface area contributed by atoms with Crippen LogP contribution in [0.2, 0.25) is 0 Å². The third-order valence-electron chi connectivity index (χ3n) is 3.90. The lowest BCUT2D eigenvalue weighted by Crippen LogP contribution is -1.95. The molecule has 8 heteroatoms. The van der Waals surface area contributed by atoms with Crippen LogP contribution in [-0.4, -0.2) is 19.7 Å². The Balaban J connectivity index is 1.53. The van der Waals surface area contributed by atoms with Crippen molar-refractivity contribution in [1.29, 1.82) is 0 Å². The van der Waals surface area contributed by atoms with Crippen molar-refractivity contribution in [1.82, 2.24) is 19.7 Å². The summed E-state index contributed by atoms with van der Waals surface area (Å²) in [4.78, 5) is 5.66. The third kappa shape index (κ3) is 3.03. The molecule has 25 heavy (non-hydrogen) atoms. The summed E-state index contributed by atoms with van der Waals surface area (Å²) < 4.78 is 13.1. The van der Waals surface area contributed by atoms with Crippen molar-refractivity contribution in [2.75, 3.05) is 0 Å². The summed E-state index contributed by atoms with van der Waals surface area (Å²) in [7, 11) is 1.96. The highest BCUT2D eigenvalue weighted by Gasteiger charge is 2.17. The first kappa shape index (κ1) is 16.2. The van der Waals surface area contributed by atoms with E-state index in [0.717, 1.165) is 38.6 Å². The Labute approximate surface area is 152 Å². The van der Waals surface area contributed by atoms with Crippen LogP contribution in [0.15, 0.2) is 43.8 Å². The Kier molecular flexibility index (Phi) is 4.22. The van der Waals surface area contributed by atoms with Gasteiger partial charge in [0.1, 0.15) is 11.5 Å². The summed E-state index contributed by atoms with van der Waals surface area (Å²) in [5.41, 5.74) is 1.89. The van der Waals surface area contributed by atoms with Gasteiger partial charge in [-0.15, -0.1) is 21.5 Å². The molecule has 4 aromatic rings. The normalized spacial score (nSPS) is 11.3. The second-order valence-corrected chi connectivity index (χ2v) is 7.43. The number of hydrogen-bond acceptors (Lipinski definition) is 7. The van der Waals surface area contributed by atoms with Crippen molar-refractivity contribution in [3.63, 3.8) is 0 Å². The lowest BCUT2D eigenvalue weighted by Gasteiger charge is -2.02. The van der Waals surface area contributed by atoms with Crippen LogP contribution in [0.25, 0.3) is 22.2 Å². The molecule has 0 N–H and O–H groups in total. The molecule has 0 aliphatic carbocycles. The van der Waals surface area contributed by atoms with E-state index in [2.05, 4.69) is 15.2 Å². The molecule has 0 atom stereocenters. The number of aryl methyl sites for hydroxylation is 2. The molecule has 4 heterocycles. The summed E-state index contributed by atoms with van der Waals surface area (Å²) in [5.74, 6) is 3.82. The predicted molar refractivity (Wildman–Crippen MR) is 97.6 cm³/mol. The summed E-state index contributed by atoms with van der Waals surface area (Å²) in [5, 5.41) is 11.4. The van der Waals surface area contributed by atoms with Crippen LogP contribution >= 0.6 is 23.1 Å². The monoisotopic (exact) mass is 372 g/mol. The molecule has 0 radical (unpaired) electrons. The van der Waals surface area contributed by atoms with E-state index < -0.39 is 0 Å². The van der Waals surface area contributed by atoms with E-state index in [-0.39, 0.29) is 0 Å². The van der Waals surface area contributed by atoms with Crippen LogP contribution in [0.5, 0.6) is 0 Å². The summed E-state index contributed by atoms with van der Waals surface area (Å²) in [6, 6.07) is 5.91. The first-order chi connectivity index (χ1) is 12.1. The quantitative estimate of drug-likeness (QED) is 0.473. The number of aromatic nitrogens is 4. The first-order valence-corrected chi connectivity index (χ1v) is 9.57.